The molecule has 2 nitrogen and oxygen atoms in total. The molecule has 1 aromatic rings. The van der Waals surface area contributed by atoms with E-state index in [0.717, 1.165) is 18.5 Å². The molecule has 0 spiro atoms. The first-order valence-electron chi connectivity index (χ1n) is 7.49. The van der Waals surface area contributed by atoms with E-state index >= 15 is 0 Å². The Bertz CT molecular complexity index is 402. The number of likely N-dealkylation sites (tertiary alicyclic amines) is 1. The van der Waals surface area contributed by atoms with Crippen LogP contribution in [0, 0.1) is 5.92 Å². The van der Waals surface area contributed by atoms with Crippen molar-refractivity contribution in [2.75, 3.05) is 19.6 Å². The molecule has 2 rings (SSSR count). The molecule has 1 heterocycles. The summed E-state index contributed by atoms with van der Waals surface area (Å²) in [7, 11) is 0. The Morgan fingerprint density at radius 2 is 1.79 bits per heavy atom. The largest absolute Gasteiger partial charge is 0.303 e. The van der Waals surface area contributed by atoms with Crippen LogP contribution in [0.25, 0.3) is 0 Å². The highest BCUT2D eigenvalue weighted by Crippen LogP contribution is 2.13. The molecule has 1 aromatic carbocycles. The van der Waals surface area contributed by atoms with E-state index in [9.17, 15) is 4.79 Å². The second kappa shape index (κ2) is 6.85. The number of carbonyl (C=O) groups excluding carboxylic acids is 1. The highest BCUT2D eigenvalue weighted by Gasteiger charge is 2.13. The predicted octanol–water partition coefficient (Wildman–Crippen LogP) is 3.55. The SMILES string of the molecule is CC(C)Cc1ccc(C(=O)CCN2CCCC2)cc1. The number of hydrogen-bond donors (Lipinski definition) is 0. The minimum absolute atomic E-state index is 0.281. The Labute approximate surface area is 116 Å². The molecule has 1 aliphatic rings. The third-order valence-electron chi connectivity index (χ3n) is 3.77. The molecule has 19 heavy (non-hydrogen) atoms. The first-order chi connectivity index (χ1) is 9.15. The van der Waals surface area contributed by atoms with E-state index in [-0.39, 0.29) is 5.78 Å². The first-order valence-corrected chi connectivity index (χ1v) is 7.49. The van der Waals surface area contributed by atoms with Crippen LogP contribution in [0.3, 0.4) is 0 Å². The van der Waals surface area contributed by atoms with Crippen molar-refractivity contribution in [1.82, 2.24) is 4.90 Å². The summed E-state index contributed by atoms with van der Waals surface area (Å²) in [6, 6.07) is 8.18. The molecule has 1 aliphatic heterocycles. The van der Waals surface area contributed by atoms with Crippen LogP contribution in [0.15, 0.2) is 24.3 Å². The molecule has 1 saturated heterocycles. The molecule has 2 heteroatoms. The maximum atomic E-state index is 12.1. The Hall–Kier alpha value is -1.15. The zero-order valence-electron chi connectivity index (χ0n) is 12.2. The lowest BCUT2D eigenvalue weighted by atomic mass is 10.00. The van der Waals surface area contributed by atoms with Crippen LogP contribution < -0.4 is 0 Å². The summed E-state index contributed by atoms with van der Waals surface area (Å²) >= 11 is 0. The summed E-state index contributed by atoms with van der Waals surface area (Å²) < 4.78 is 0. The number of carbonyl (C=O) groups is 1. The average Bonchev–Trinajstić information content (AvgIpc) is 2.89. The Morgan fingerprint density at radius 3 is 2.37 bits per heavy atom. The van der Waals surface area contributed by atoms with Crippen molar-refractivity contribution in [2.24, 2.45) is 5.92 Å². The fourth-order valence-corrected chi connectivity index (χ4v) is 2.71. The molecule has 104 valence electrons. The summed E-state index contributed by atoms with van der Waals surface area (Å²) in [5, 5.41) is 0. The molecule has 0 amide bonds. The van der Waals surface area contributed by atoms with E-state index in [4.69, 9.17) is 0 Å². The number of hydrogen-bond acceptors (Lipinski definition) is 2. The summed E-state index contributed by atoms with van der Waals surface area (Å²) in [5.74, 6) is 0.944. The van der Waals surface area contributed by atoms with E-state index < -0.39 is 0 Å². The maximum Gasteiger partial charge on any atom is 0.164 e. The third kappa shape index (κ3) is 4.46. The first kappa shape index (κ1) is 14.3. The van der Waals surface area contributed by atoms with E-state index in [1.165, 1.54) is 31.5 Å². The molecule has 0 atom stereocenters. The number of nitrogens with zero attached hydrogens (tertiary/aromatic N) is 1. The Morgan fingerprint density at radius 1 is 1.16 bits per heavy atom. The molecule has 0 bridgehead atoms. The summed E-state index contributed by atoms with van der Waals surface area (Å²) in [6.45, 7) is 7.69. The Balaban J connectivity index is 1.84. The van der Waals surface area contributed by atoms with Gasteiger partial charge in [0.1, 0.15) is 0 Å². The van der Waals surface area contributed by atoms with E-state index in [0.29, 0.717) is 12.3 Å². The van der Waals surface area contributed by atoms with Crippen LogP contribution in [0.4, 0.5) is 0 Å². The van der Waals surface area contributed by atoms with Gasteiger partial charge in [-0.05, 0) is 43.8 Å². The van der Waals surface area contributed by atoms with E-state index in [1.54, 1.807) is 0 Å². The second-order valence-corrected chi connectivity index (χ2v) is 6.02. The van der Waals surface area contributed by atoms with Gasteiger partial charge >= 0.3 is 0 Å². The summed E-state index contributed by atoms with van der Waals surface area (Å²) in [4.78, 5) is 14.5. The molecule has 0 N–H and O–H groups in total. The number of Topliss-reactive ketones (excluding diaryl/α,β-unsaturated/α-hetero) is 1. The standard InChI is InChI=1S/C17H25NO/c1-14(2)13-15-5-7-16(8-6-15)17(19)9-12-18-10-3-4-11-18/h5-8,14H,3-4,9-13H2,1-2H3. The molecule has 0 aromatic heterocycles. The van der Waals surface area contributed by atoms with Crippen LogP contribution in [0.2, 0.25) is 0 Å². The molecule has 0 radical (unpaired) electrons. The predicted molar refractivity (Wildman–Crippen MR) is 79.6 cm³/mol. The highest BCUT2D eigenvalue weighted by molar-refractivity contribution is 5.96. The zero-order chi connectivity index (χ0) is 13.7. The minimum atomic E-state index is 0.281. The quantitative estimate of drug-likeness (QED) is 0.728. The molecule has 0 unspecified atom stereocenters. The fraction of sp³-hybridized carbons (Fsp3) is 0.588. The van der Waals surface area contributed by atoms with Crippen molar-refractivity contribution in [3.05, 3.63) is 35.4 Å². The lowest BCUT2D eigenvalue weighted by molar-refractivity contribution is 0.0969. The van der Waals surface area contributed by atoms with Crippen molar-refractivity contribution in [2.45, 2.75) is 39.5 Å². The van der Waals surface area contributed by atoms with Crippen LogP contribution in [-0.2, 0) is 6.42 Å². The topological polar surface area (TPSA) is 20.3 Å². The molecule has 1 fully saturated rings. The molecular formula is C17H25NO. The maximum absolute atomic E-state index is 12.1. The highest BCUT2D eigenvalue weighted by atomic mass is 16.1. The minimum Gasteiger partial charge on any atom is -0.303 e. The molecule has 0 saturated carbocycles. The van der Waals surface area contributed by atoms with Crippen LogP contribution in [0.5, 0.6) is 0 Å². The van der Waals surface area contributed by atoms with Crippen molar-refractivity contribution in [3.63, 3.8) is 0 Å². The van der Waals surface area contributed by atoms with Crippen LogP contribution in [0.1, 0.15) is 49.0 Å². The average molecular weight is 259 g/mol. The fourth-order valence-electron chi connectivity index (χ4n) is 2.71. The van der Waals surface area contributed by atoms with Gasteiger partial charge in [-0.15, -0.1) is 0 Å². The Kier molecular flexibility index (Phi) is 5.15. The van der Waals surface area contributed by atoms with Crippen LogP contribution >= 0.6 is 0 Å². The van der Waals surface area contributed by atoms with Gasteiger partial charge in [0.05, 0.1) is 0 Å². The van der Waals surface area contributed by atoms with Gasteiger partial charge in [-0.25, -0.2) is 0 Å². The van der Waals surface area contributed by atoms with Crippen molar-refractivity contribution < 1.29 is 4.79 Å². The van der Waals surface area contributed by atoms with E-state index in [1.807, 2.05) is 12.1 Å². The van der Waals surface area contributed by atoms with Crippen molar-refractivity contribution >= 4 is 5.78 Å². The van der Waals surface area contributed by atoms with Crippen molar-refractivity contribution in [3.8, 4) is 0 Å². The lowest BCUT2D eigenvalue weighted by Gasteiger charge is -2.13. The van der Waals surface area contributed by atoms with E-state index in [2.05, 4.69) is 30.9 Å². The molecular weight excluding hydrogens is 234 g/mol. The van der Waals surface area contributed by atoms with Gasteiger partial charge in [-0.1, -0.05) is 38.1 Å². The van der Waals surface area contributed by atoms with Gasteiger partial charge in [-0.2, -0.15) is 0 Å². The second-order valence-electron chi connectivity index (χ2n) is 6.02. The van der Waals surface area contributed by atoms with Gasteiger partial charge in [0.15, 0.2) is 5.78 Å². The lowest BCUT2D eigenvalue weighted by Crippen LogP contribution is -2.22. The third-order valence-corrected chi connectivity index (χ3v) is 3.77. The zero-order valence-corrected chi connectivity index (χ0v) is 12.2. The number of ketones is 1. The normalized spacial score (nSPS) is 16.2. The van der Waals surface area contributed by atoms with Gasteiger partial charge in [0, 0.05) is 18.5 Å². The molecule has 0 aliphatic carbocycles. The monoisotopic (exact) mass is 259 g/mol. The number of benzene rings is 1. The number of rotatable bonds is 6. The van der Waals surface area contributed by atoms with Crippen LogP contribution in [-0.4, -0.2) is 30.3 Å². The van der Waals surface area contributed by atoms with Gasteiger partial charge < -0.3 is 4.90 Å². The van der Waals surface area contributed by atoms with Gasteiger partial charge in [0.25, 0.3) is 0 Å². The smallest absolute Gasteiger partial charge is 0.164 e. The summed E-state index contributed by atoms with van der Waals surface area (Å²) in [5.41, 5.74) is 2.19. The van der Waals surface area contributed by atoms with Crippen molar-refractivity contribution in [1.29, 1.82) is 0 Å². The summed E-state index contributed by atoms with van der Waals surface area (Å²) in [6.07, 6.45) is 4.32. The van der Waals surface area contributed by atoms with Gasteiger partial charge in [0.2, 0.25) is 0 Å². The van der Waals surface area contributed by atoms with Gasteiger partial charge in [-0.3, -0.25) is 4.79 Å².